The Morgan fingerprint density at radius 1 is 1.34 bits per heavy atom. The molecule has 2 aromatic rings. The maximum absolute atomic E-state index is 13.4. The van der Waals surface area contributed by atoms with Crippen LogP contribution in [-0.4, -0.2) is 36.0 Å². The second-order valence-electron chi connectivity index (χ2n) is 6.90. The number of carbonyl (C=O) groups excluding carboxylic acids is 2. The lowest BCUT2D eigenvalue weighted by atomic mass is 10.1. The van der Waals surface area contributed by atoms with Crippen molar-refractivity contribution in [2.45, 2.75) is 25.2 Å². The van der Waals surface area contributed by atoms with Crippen molar-refractivity contribution in [3.63, 3.8) is 0 Å². The highest BCUT2D eigenvalue weighted by Crippen LogP contribution is 2.34. The predicted octanol–water partition coefficient (Wildman–Crippen LogP) is 2.77. The molecule has 4 rings (SSSR count). The molecule has 2 N–H and O–H groups in total. The van der Waals surface area contributed by atoms with Crippen molar-refractivity contribution < 1.29 is 28.6 Å². The third-order valence-corrected chi connectivity index (χ3v) is 5.08. The molecule has 2 aliphatic heterocycles. The predicted molar refractivity (Wildman–Crippen MR) is 102 cm³/mol. The zero-order chi connectivity index (χ0) is 20.6. The normalized spacial score (nSPS) is 20.4. The molecule has 0 unspecified atom stereocenters. The van der Waals surface area contributed by atoms with Crippen LogP contribution in [0.25, 0.3) is 0 Å². The smallest absolute Gasteiger partial charge is 0.410 e. The summed E-state index contributed by atoms with van der Waals surface area (Å²) in [6, 6.07) is 9.17. The van der Waals surface area contributed by atoms with E-state index in [1.165, 1.54) is 17.0 Å². The number of fused-ring (bicyclic) bond motifs is 1. The molecular weight excluding hydrogens is 403 g/mol. The minimum Gasteiger partial charge on any atom is -0.493 e. The van der Waals surface area contributed by atoms with Crippen LogP contribution in [0.4, 0.5) is 14.9 Å². The molecular formula is C20H18ClFN2O5. The van der Waals surface area contributed by atoms with Gasteiger partial charge in [0.1, 0.15) is 11.6 Å². The number of rotatable bonds is 4. The Morgan fingerprint density at radius 2 is 2.17 bits per heavy atom. The number of hydrogen-bond donors (Lipinski definition) is 2. The summed E-state index contributed by atoms with van der Waals surface area (Å²) in [5.74, 6) is -2.74. The molecule has 152 valence electrons. The van der Waals surface area contributed by atoms with Gasteiger partial charge in [0, 0.05) is 36.6 Å². The van der Waals surface area contributed by atoms with Crippen LogP contribution in [0.3, 0.4) is 0 Å². The number of hydrogen-bond acceptors (Lipinski definition) is 5. The third kappa shape index (κ3) is 3.99. The molecule has 1 fully saturated rings. The van der Waals surface area contributed by atoms with Crippen LogP contribution in [0.5, 0.6) is 5.75 Å². The summed E-state index contributed by atoms with van der Waals surface area (Å²) < 4.78 is 23.8. The van der Waals surface area contributed by atoms with Crippen molar-refractivity contribution in [2.24, 2.45) is 0 Å². The highest BCUT2D eigenvalue weighted by Gasteiger charge is 2.49. The highest BCUT2D eigenvalue weighted by molar-refractivity contribution is 6.30. The van der Waals surface area contributed by atoms with E-state index < -0.39 is 23.6 Å². The van der Waals surface area contributed by atoms with Gasteiger partial charge in [0.25, 0.3) is 11.7 Å². The molecule has 0 saturated carbocycles. The SMILES string of the molecule is O=C(NCc1cc(F)cc(Cl)c1)O[C@@]1(O)CCN(c2ccc3c(c2)CCO3)C1=O. The molecule has 0 aromatic heterocycles. The Bertz CT molecular complexity index is 965. The second-order valence-corrected chi connectivity index (χ2v) is 7.34. The molecule has 0 aliphatic carbocycles. The van der Waals surface area contributed by atoms with Crippen molar-refractivity contribution in [1.29, 1.82) is 0 Å². The molecule has 1 saturated heterocycles. The fourth-order valence-electron chi connectivity index (χ4n) is 3.44. The van der Waals surface area contributed by atoms with Crippen LogP contribution in [0.2, 0.25) is 5.02 Å². The minimum atomic E-state index is -2.26. The molecule has 2 aromatic carbocycles. The fraction of sp³-hybridized carbons (Fsp3) is 0.300. The summed E-state index contributed by atoms with van der Waals surface area (Å²) in [4.78, 5) is 26.2. The molecule has 0 spiro atoms. The number of anilines is 1. The molecule has 2 aliphatic rings. The van der Waals surface area contributed by atoms with Crippen LogP contribution in [-0.2, 0) is 22.5 Å². The van der Waals surface area contributed by atoms with E-state index in [4.69, 9.17) is 21.1 Å². The lowest BCUT2D eigenvalue weighted by Gasteiger charge is -2.22. The van der Waals surface area contributed by atoms with Crippen molar-refractivity contribution in [2.75, 3.05) is 18.1 Å². The van der Waals surface area contributed by atoms with Gasteiger partial charge in [-0.05, 0) is 47.5 Å². The number of nitrogens with zero attached hydrogens (tertiary/aromatic N) is 1. The van der Waals surface area contributed by atoms with Gasteiger partial charge in [0.2, 0.25) is 0 Å². The fourth-order valence-corrected chi connectivity index (χ4v) is 3.69. The zero-order valence-corrected chi connectivity index (χ0v) is 16.0. The van der Waals surface area contributed by atoms with E-state index in [0.29, 0.717) is 17.9 Å². The van der Waals surface area contributed by atoms with Crippen molar-refractivity contribution in [3.8, 4) is 5.75 Å². The monoisotopic (exact) mass is 420 g/mol. The number of carbonyl (C=O) groups is 2. The second kappa shape index (κ2) is 7.53. The van der Waals surface area contributed by atoms with E-state index in [1.807, 2.05) is 6.07 Å². The van der Waals surface area contributed by atoms with E-state index in [9.17, 15) is 19.1 Å². The Kier molecular flexibility index (Phi) is 5.06. The van der Waals surface area contributed by atoms with Crippen LogP contribution >= 0.6 is 11.6 Å². The summed E-state index contributed by atoms with van der Waals surface area (Å²) in [7, 11) is 0. The first-order valence-electron chi connectivity index (χ1n) is 9.06. The maximum Gasteiger partial charge on any atom is 0.410 e. The van der Waals surface area contributed by atoms with Crippen molar-refractivity contribution in [1.82, 2.24) is 5.32 Å². The minimum absolute atomic E-state index is 0.0708. The van der Waals surface area contributed by atoms with Gasteiger partial charge in [-0.1, -0.05) is 11.6 Å². The molecule has 29 heavy (non-hydrogen) atoms. The molecule has 9 heteroatoms. The molecule has 2 amide bonds. The van der Waals surface area contributed by atoms with Crippen LogP contribution < -0.4 is 15.0 Å². The van der Waals surface area contributed by atoms with Gasteiger partial charge in [0.05, 0.1) is 6.61 Å². The van der Waals surface area contributed by atoms with Gasteiger partial charge < -0.3 is 24.8 Å². The van der Waals surface area contributed by atoms with Crippen molar-refractivity contribution in [3.05, 3.63) is 58.4 Å². The summed E-state index contributed by atoms with van der Waals surface area (Å²) in [6.45, 7) is 0.716. The molecule has 1 atom stereocenters. The van der Waals surface area contributed by atoms with E-state index in [2.05, 4.69) is 5.32 Å². The van der Waals surface area contributed by atoms with E-state index in [0.717, 1.165) is 23.8 Å². The first-order valence-corrected chi connectivity index (χ1v) is 9.44. The molecule has 2 heterocycles. The van der Waals surface area contributed by atoms with Crippen LogP contribution in [0.15, 0.2) is 36.4 Å². The number of nitrogens with one attached hydrogen (secondary N) is 1. The van der Waals surface area contributed by atoms with Gasteiger partial charge in [-0.2, -0.15) is 0 Å². The Morgan fingerprint density at radius 3 is 2.97 bits per heavy atom. The van der Waals surface area contributed by atoms with Crippen LogP contribution in [0, 0.1) is 5.82 Å². The largest absolute Gasteiger partial charge is 0.493 e. The van der Waals surface area contributed by atoms with E-state index in [-0.39, 0.29) is 24.5 Å². The third-order valence-electron chi connectivity index (χ3n) is 4.86. The Labute approximate surface area is 171 Å². The molecule has 0 bridgehead atoms. The lowest BCUT2D eigenvalue weighted by Crippen LogP contribution is -2.46. The van der Waals surface area contributed by atoms with E-state index >= 15 is 0 Å². The molecule has 0 radical (unpaired) electrons. The Balaban J connectivity index is 1.39. The number of amides is 2. The quantitative estimate of drug-likeness (QED) is 0.742. The Hall–Kier alpha value is -2.84. The average Bonchev–Trinajstić information content (AvgIpc) is 3.24. The zero-order valence-electron chi connectivity index (χ0n) is 15.3. The van der Waals surface area contributed by atoms with Gasteiger partial charge >= 0.3 is 6.09 Å². The number of halogens is 2. The summed E-state index contributed by atoms with van der Waals surface area (Å²) in [5, 5.41) is 13.1. The first kappa shape index (κ1) is 19.5. The molecule has 7 nitrogen and oxygen atoms in total. The number of ether oxygens (including phenoxy) is 2. The van der Waals surface area contributed by atoms with Crippen molar-refractivity contribution >= 4 is 29.3 Å². The average molecular weight is 421 g/mol. The highest BCUT2D eigenvalue weighted by atomic mass is 35.5. The summed E-state index contributed by atoms with van der Waals surface area (Å²) >= 11 is 5.77. The van der Waals surface area contributed by atoms with Gasteiger partial charge in [-0.25, -0.2) is 9.18 Å². The lowest BCUT2D eigenvalue weighted by molar-refractivity contribution is -0.175. The van der Waals surface area contributed by atoms with Gasteiger partial charge in [0.15, 0.2) is 0 Å². The first-order chi connectivity index (χ1) is 13.8. The standard InChI is InChI=1S/C20H18ClFN2O5/c21-14-7-12(8-15(22)10-14)11-23-19(26)29-20(27)4-5-24(18(20)25)16-1-2-17-13(9-16)3-6-28-17/h1-2,7-10,27H,3-6,11H2,(H,23,26)/t20-/m0/s1. The van der Waals surface area contributed by atoms with Crippen LogP contribution in [0.1, 0.15) is 17.5 Å². The van der Waals surface area contributed by atoms with Gasteiger partial charge in [-0.15, -0.1) is 0 Å². The maximum atomic E-state index is 13.4. The number of alkyl carbamates (subject to hydrolysis) is 1. The topological polar surface area (TPSA) is 88.1 Å². The van der Waals surface area contributed by atoms with E-state index in [1.54, 1.807) is 12.1 Å². The van der Waals surface area contributed by atoms with Gasteiger partial charge in [-0.3, -0.25) is 4.79 Å². The number of benzene rings is 2. The summed E-state index contributed by atoms with van der Waals surface area (Å²) in [5.41, 5.74) is 2.01. The summed E-state index contributed by atoms with van der Waals surface area (Å²) in [6.07, 6.45) is -0.317. The number of aliphatic hydroxyl groups is 1.